The van der Waals surface area contributed by atoms with Crippen LogP contribution in [-0.2, 0) is 4.79 Å². The lowest BCUT2D eigenvalue weighted by molar-refractivity contribution is -0.138. The van der Waals surface area contributed by atoms with E-state index in [1.165, 1.54) is 7.11 Å². The number of benzene rings is 2. The van der Waals surface area contributed by atoms with Crippen LogP contribution in [0.15, 0.2) is 48.5 Å². The number of carbonyl (C=O) groups excluding carboxylic acids is 1. The van der Waals surface area contributed by atoms with E-state index in [0.29, 0.717) is 29.2 Å². The van der Waals surface area contributed by atoms with Crippen molar-refractivity contribution in [3.63, 3.8) is 0 Å². The maximum Gasteiger partial charge on any atom is 0.305 e. The molecular weight excluding hydrogens is 354 g/mol. The highest BCUT2D eigenvalue weighted by atomic mass is 35.5. The summed E-state index contributed by atoms with van der Waals surface area (Å²) in [6.45, 7) is 0. The molecule has 136 valence electrons. The number of ether oxygens (including phenoxy) is 1. The van der Waals surface area contributed by atoms with Crippen LogP contribution in [0.3, 0.4) is 0 Å². The standard InChI is InChI=1S/C20H20ClNO4/c1-26-14-6-4-5-13(11-14)19(25)20(12-18(23)24)10-9-17(22-20)15-7-2-3-8-16(15)21/h2-8,11,17,22H,9-10,12H2,1H3,(H,23,24)/t17-,20+/m1/s1. The first kappa shape index (κ1) is 18.4. The molecule has 0 saturated carbocycles. The molecule has 0 spiro atoms. The number of halogens is 1. The van der Waals surface area contributed by atoms with Gasteiger partial charge < -0.3 is 9.84 Å². The van der Waals surface area contributed by atoms with Crippen LogP contribution in [0.25, 0.3) is 0 Å². The molecule has 3 rings (SSSR count). The third kappa shape index (κ3) is 3.59. The van der Waals surface area contributed by atoms with E-state index in [1.54, 1.807) is 30.3 Å². The second kappa shape index (κ2) is 7.48. The van der Waals surface area contributed by atoms with Crippen molar-refractivity contribution < 1.29 is 19.4 Å². The van der Waals surface area contributed by atoms with Gasteiger partial charge in [-0.3, -0.25) is 14.9 Å². The number of rotatable bonds is 6. The van der Waals surface area contributed by atoms with Crippen molar-refractivity contribution in [2.24, 2.45) is 0 Å². The van der Waals surface area contributed by atoms with Gasteiger partial charge in [-0.05, 0) is 36.6 Å². The van der Waals surface area contributed by atoms with Crippen molar-refractivity contribution in [2.45, 2.75) is 30.8 Å². The molecule has 1 fully saturated rings. The summed E-state index contributed by atoms with van der Waals surface area (Å²) in [5, 5.41) is 13.3. The first-order valence-electron chi connectivity index (χ1n) is 8.38. The lowest BCUT2D eigenvalue weighted by atomic mass is 9.85. The zero-order chi connectivity index (χ0) is 18.7. The first-order valence-corrected chi connectivity index (χ1v) is 8.76. The smallest absolute Gasteiger partial charge is 0.305 e. The molecule has 2 aromatic carbocycles. The summed E-state index contributed by atoms with van der Waals surface area (Å²) in [4.78, 5) is 24.7. The Labute approximate surface area is 156 Å². The Balaban J connectivity index is 1.94. The zero-order valence-electron chi connectivity index (χ0n) is 14.4. The van der Waals surface area contributed by atoms with Gasteiger partial charge in [0.1, 0.15) is 5.75 Å². The van der Waals surface area contributed by atoms with Crippen molar-refractivity contribution in [1.29, 1.82) is 0 Å². The van der Waals surface area contributed by atoms with Gasteiger partial charge in [0.15, 0.2) is 5.78 Å². The largest absolute Gasteiger partial charge is 0.497 e. The molecule has 0 radical (unpaired) electrons. The fraction of sp³-hybridized carbons (Fsp3) is 0.300. The molecule has 6 heteroatoms. The molecule has 1 saturated heterocycles. The third-order valence-electron chi connectivity index (χ3n) is 4.81. The Kier molecular flexibility index (Phi) is 5.30. The Morgan fingerprint density at radius 3 is 2.73 bits per heavy atom. The van der Waals surface area contributed by atoms with Gasteiger partial charge in [0.25, 0.3) is 0 Å². The van der Waals surface area contributed by atoms with E-state index in [2.05, 4.69) is 5.32 Å². The van der Waals surface area contributed by atoms with Crippen molar-refractivity contribution in [1.82, 2.24) is 5.32 Å². The fourth-order valence-corrected chi connectivity index (χ4v) is 3.82. The number of nitrogens with one attached hydrogen (secondary N) is 1. The summed E-state index contributed by atoms with van der Waals surface area (Å²) < 4.78 is 5.18. The molecule has 0 bridgehead atoms. The normalized spacial score (nSPS) is 22.2. The minimum Gasteiger partial charge on any atom is -0.497 e. The Morgan fingerprint density at radius 1 is 1.27 bits per heavy atom. The van der Waals surface area contributed by atoms with Gasteiger partial charge in [-0.25, -0.2) is 0 Å². The second-order valence-corrected chi connectivity index (χ2v) is 6.88. The number of methoxy groups -OCH3 is 1. The molecule has 1 aliphatic rings. The summed E-state index contributed by atoms with van der Waals surface area (Å²) in [5.41, 5.74) is 0.139. The number of Topliss-reactive ketones (excluding diaryl/α,β-unsaturated/α-hetero) is 1. The molecule has 0 unspecified atom stereocenters. The second-order valence-electron chi connectivity index (χ2n) is 6.47. The summed E-state index contributed by atoms with van der Waals surface area (Å²) in [5.74, 6) is -0.705. The Hall–Kier alpha value is -2.37. The highest BCUT2D eigenvalue weighted by molar-refractivity contribution is 6.31. The minimum absolute atomic E-state index is 0.169. The van der Waals surface area contributed by atoms with E-state index < -0.39 is 11.5 Å². The van der Waals surface area contributed by atoms with Crippen molar-refractivity contribution in [2.75, 3.05) is 7.11 Å². The summed E-state index contributed by atoms with van der Waals surface area (Å²) in [6, 6.07) is 14.0. The maximum absolute atomic E-state index is 13.2. The number of hydrogen-bond donors (Lipinski definition) is 2. The van der Waals surface area contributed by atoms with Crippen LogP contribution < -0.4 is 10.1 Å². The van der Waals surface area contributed by atoms with Gasteiger partial charge in [0.05, 0.1) is 19.1 Å². The number of carboxylic acids is 1. The van der Waals surface area contributed by atoms with Crippen LogP contribution in [0, 0.1) is 0 Å². The van der Waals surface area contributed by atoms with E-state index >= 15 is 0 Å². The van der Waals surface area contributed by atoms with E-state index in [4.69, 9.17) is 16.3 Å². The van der Waals surface area contributed by atoms with Gasteiger partial charge in [-0.1, -0.05) is 41.9 Å². The summed E-state index contributed by atoms with van der Waals surface area (Å²) in [7, 11) is 1.53. The van der Waals surface area contributed by atoms with Crippen LogP contribution in [-0.4, -0.2) is 29.5 Å². The number of carboxylic acid groups (broad SMARTS) is 1. The van der Waals surface area contributed by atoms with Crippen LogP contribution in [0.4, 0.5) is 0 Å². The summed E-state index contributed by atoms with van der Waals surface area (Å²) in [6.07, 6.45) is 0.766. The number of aliphatic carboxylic acids is 1. The van der Waals surface area contributed by atoms with Crippen LogP contribution in [0.2, 0.25) is 5.02 Å². The molecule has 1 aliphatic heterocycles. The molecule has 2 atom stereocenters. The van der Waals surface area contributed by atoms with Crippen LogP contribution >= 0.6 is 11.6 Å². The highest BCUT2D eigenvalue weighted by Gasteiger charge is 2.47. The SMILES string of the molecule is COc1cccc(C(=O)[C@@]2(CC(=O)O)CC[C@H](c3ccccc3Cl)N2)c1. The van der Waals surface area contributed by atoms with Gasteiger partial charge in [0, 0.05) is 16.6 Å². The predicted molar refractivity (Wildman–Crippen MR) is 98.9 cm³/mol. The summed E-state index contributed by atoms with van der Waals surface area (Å²) >= 11 is 6.28. The van der Waals surface area contributed by atoms with Crippen LogP contribution in [0.5, 0.6) is 5.75 Å². The highest BCUT2D eigenvalue weighted by Crippen LogP contribution is 2.39. The first-order chi connectivity index (χ1) is 12.4. The zero-order valence-corrected chi connectivity index (χ0v) is 15.1. The van der Waals surface area contributed by atoms with Crippen molar-refractivity contribution >= 4 is 23.4 Å². The van der Waals surface area contributed by atoms with Crippen molar-refractivity contribution in [3.8, 4) is 5.75 Å². The number of hydrogen-bond acceptors (Lipinski definition) is 4. The van der Waals surface area contributed by atoms with Gasteiger partial charge in [0.2, 0.25) is 0 Å². The fourth-order valence-electron chi connectivity index (χ4n) is 3.56. The topological polar surface area (TPSA) is 75.6 Å². The Bertz CT molecular complexity index is 838. The minimum atomic E-state index is -1.16. The number of ketones is 1. The predicted octanol–water partition coefficient (Wildman–Crippen LogP) is 3.87. The van der Waals surface area contributed by atoms with E-state index in [-0.39, 0.29) is 18.2 Å². The molecule has 5 nitrogen and oxygen atoms in total. The maximum atomic E-state index is 13.2. The molecule has 2 aromatic rings. The lowest BCUT2D eigenvalue weighted by Crippen LogP contribution is -2.49. The molecule has 0 aromatic heterocycles. The van der Waals surface area contributed by atoms with Gasteiger partial charge in [-0.2, -0.15) is 0 Å². The van der Waals surface area contributed by atoms with E-state index in [9.17, 15) is 14.7 Å². The van der Waals surface area contributed by atoms with Crippen molar-refractivity contribution in [3.05, 3.63) is 64.7 Å². The average Bonchev–Trinajstić information content (AvgIpc) is 3.05. The lowest BCUT2D eigenvalue weighted by Gasteiger charge is -2.28. The quantitative estimate of drug-likeness (QED) is 0.752. The molecule has 0 amide bonds. The molecular formula is C20H20ClNO4. The van der Waals surface area contributed by atoms with E-state index in [0.717, 1.165) is 5.56 Å². The molecule has 2 N–H and O–H groups in total. The van der Waals surface area contributed by atoms with E-state index in [1.807, 2.05) is 18.2 Å². The third-order valence-corrected chi connectivity index (χ3v) is 5.15. The number of carbonyl (C=O) groups is 2. The molecule has 26 heavy (non-hydrogen) atoms. The Morgan fingerprint density at radius 2 is 2.04 bits per heavy atom. The van der Waals surface area contributed by atoms with Gasteiger partial charge in [-0.15, -0.1) is 0 Å². The van der Waals surface area contributed by atoms with Gasteiger partial charge >= 0.3 is 5.97 Å². The average molecular weight is 374 g/mol. The monoisotopic (exact) mass is 373 g/mol. The molecule has 0 aliphatic carbocycles. The molecule has 1 heterocycles. The van der Waals surface area contributed by atoms with Crippen LogP contribution in [0.1, 0.15) is 41.2 Å².